The van der Waals surface area contributed by atoms with Crippen LogP contribution in [0.1, 0.15) is 32.3 Å². The predicted octanol–water partition coefficient (Wildman–Crippen LogP) is 2.06. The first kappa shape index (κ1) is 13.6. The molecule has 0 spiro atoms. The Bertz CT molecular complexity index is 343. The van der Waals surface area contributed by atoms with Crippen molar-refractivity contribution in [2.75, 3.05) is 19.8 Å². The van der Waals surface area contributed by atoms with Gasteiger partial charge in [0, 0.05) is 38.1 Å². The zero-order valence-corrected chi connectivity index (χ0v) is 11.6. The number of hydrogen-bond donors (Lipinski definition) is 1. The topological polar surface area (TPSA) is 39.1 Å². The van der Waals surface area contributed by atoms with Crippen molar-refractivity contribution in [1.29, 1.82) is 0 Å². The summed E-state index contributed by atoms with van der Waals surface area (Å²) in [6.45, 7) is 9.29. The smallest absolute Gasteiger partial charge is 0.0534 e. The van der Waals surface area contributed by atoms with Gasteiger partial charge in [0.1, 0.15) is 0 Å². The van der Waals surface area contributed by atoms with Crippen LogP contribution in [-0.4, -0.2) is 29.5 Å². The standard InChI is InChI=1S/C14H25N3O/c1-12(2)7-15-8-14-9-16-17(11-14)10-13-3-5-18-6-4-13/h9,11-13,15H,3-8,10H2,1-2H3. The van der Waals surface area contributed by atoms with Crippen molar-refractivity contribution in [3.63, 3.8) is 0 Å². The third-order valence-electron chi connectivity index (χ3n) is 3.35. The van der Waals surface area contributed by atoms with Crippen LogP contribution in [0.2, 0.25) is 0 Å². The molecule has 0 radical (unpaired) electrons. The van der Waals surface area contributed by atoms with Gasteiger partial charge >= 0.3 is 0 Å². The van der Waals surface area contributed by atoms with E-state index in [1.165, 1.54) is 18.4 Å². The lowest BCUT2D eigenvalue weighted by Gasteiger charge is -2.21. The molecule has 1 aliphatic rings. The minimum absolute atomic E-state index is 0.697. The fourth-order valence-electron chi connectivity index (χ4n) is 2.30. The molecule has 1 N–H and O–H groups in total. The van der Waals surface area contributed by atoms with Gasteiger partial charge in [0.15, 0.2) is 0 Å². The molecule has 0 aromatic carbocycles. The maximum atomic E-state index is 5.38. The Kier molecular flexibility index (Phi) is 5.20. The highest BCUT2D eigenvalue weighted by Gasteiger charge is 2.14. The number of nitrogens with zero attached hydrogens (tertiary/aromatic N) is 2. The Balaban J connectivity index is 1.74. The molecule has 102 valence electrons. The summed E-state index contributed by atoms with van der Waals surface area (Å²) in [5.41, 5.74) is 1.28. The predicted molar refractivity (Wildman–Crippen MR) is 72.3 cm³/mol. The van der Waals surface area contributed by atoms with E-state index >= 15 is 0 Å². The Labute approximate surface area is 110 Å². The fraction of sp³-hybridized carbons (Fsp3) is 0.786. The molecule has 18 heavy (non-hydrogen) atoms. The average Bonchev–Trinajstić information content (AvgIpc) is 2.78. The molecular weight excluding hydrogens is 226 g/mol. The molecule has 4 nitrogen and oxygen atoms in total. The third-order valence-corrected chi connectivity index (χ3v) is 3.35. The first-order valence-electron chi connectivity index (χ1n) is 7.04. The zero-order valence-electron chi connectivity index (χ0n) is 11.6. The van der Waals surface area contributed by atoms with Crippen LogP contribution in [0, 0.1) is 11.8 Å². The molecular formula is C14H25N3O. The fourth-order valence-corrected chi connectivity index (χ4v) is 2.30. The van der Waals surface area contributed by atoms with Crippen molar-refractivity contribution in [2.45, 2.75) is 39.8 Å². The maximum absolute atomic E-state index is 5.38. The molecule has 0 amide bonds. The zero-order chi connectivity index (χ0) is 12.8. The quantitative estimate of drug-likeness (QED) is 0.841. The van der Waals surface area contributed by atoms with Crippen LogP contribution in [0.4, 0.5) is 0 Å². The highest BCUT2D eigenvalue weighted by atomic mass is 16.5. The van der Waals surface area contributed by atoms with Crippen molar-refractivity contribution < 1.29 is 4.74 Å². The van der Waals surface area contributed by atoms with Crippen LogP contribution in [0.25, 0.3) is 0 Å². The van der Waals surface area contributed by atoms with Crippen LogP contribution >= 0.6 is 0 Å². The summed E-state index contributed by atoms with van der Waals surface area (Å²) in [6, 6.07) is 0. The molecule has 1 aromatic rings. The van der Waals surface area contributed by atoms with Gasteiger partial charge in [-0.1, -0.05) is 13.8 Å². The van der Waals surface area contributed by atoms with Gasteiger partial charge in [0.05, 0.1) is 6.20 Å². The van der Waals surface area contributed by atoms with Crippen molar-refractivity contribution in [3.8, 4) is 0 Å². The molecule has 4 heteroatoms. The van der Waals surface area contributed by atoms with E-state index < -0.39 is 0 Å². The van der Waals surface area contributed by atoms with E-state index in [1.54, 1.807) is 0 Å². The van der Waals surface area contributed by atoms with Crippen LogP contribution in [0.5, 0.6) is 0 Å². The lowest BCUT2D eigenvalue weighted by atomic mass is 10.0. The second kappa shape index (κ2) is 6.90. The maximum Gasteiger partial charge on any atom is 0.0534 e. The van der Waals surface area contributed by atoms with E-state index in [0.29, 0.717) is 5.92 Å². The number of rotatable bonds is 6. The second-order valence-corrected chi connectivity index (χ2v) is 5.65. The average molecular weight is 251 g/mol. The first-order valence-corrected chi connectivity index (χ1v) is 7.04. The molecule has 2 rings (SSSR count). The van der Waals surface area contributed by atoms with Gasteiger partial charge < -0.3 is 10.1 Å². The van der Waals surface area contributed by atoms with E-state index in [9.17, 15) is 0 Å². The highest BCUT2D eigenvalue weighted by Crippen LogP contribution is 2.16. The Morgan fingerprint density at radius 3 is 2.94 bits per heavy atom. The van der Waals surface area contributed by atoms with Crippen molar-refractivity contribution in [3.05, 3.63) is 18.0 Å². The van der Waals surface area contributed by atoms with Crippen molar-refractivity contribution >= 4 is 0 Å². The summed E-state index contributed by atoms with van der Waals surface area (Å²) in [5.74, 6) is 1.43. The van der Waals surface area contributed by atoms with Crippen LogP contribution in [0.15, 0.2) is 12.4 Å². The van der Waals surface area contributed by atoms with Crippen molar-refractivity contribution in [2.24, 2.45) is 11.8 Å². The summed E-state index contributed by atoms with van der Waals surface area (Å²) in [4.78, 5) is 0. The molecule has 2 heterocycles. The minimum Gasteiger partial charge on any atom is -0.381 e. The summed E-state index contributed by atoms with van der Waals surface area (Å²) < 4.78 is 7.46. The SMILES string of the molecule is CC(C)CNCc1cnn(CC2CCOCC2)c1. The highest BCUT2D eigenvalue weighted by molar-refractivity contribution is 5.03. The molecule has 0 unspecified atom stereocenters. The van der Waals surface area contributed by atoms with Gasteiger partial charge in [-0.3, -0.25) is 4.68 Å². The Morgan fingerprint density at radius 1 is 1.44 bits per heavy atom. The molecule has 1 fully saturated rings. The van der Waals surface area contributed by atoms with Crippen LogP contribution in [0.3, 0.4) is 0 Å². The monoisotopic (exact) mass is 251 g/mol. The number of aromatic nitrogens is 2. The van der Waals surface area contributed by atoms with E-state index in [0.717, 1.165) is 38.8 Å². The third kappa shape index (κ3) is 4.42. The van der Waals surface area contributed by atoms with Gasteiger partial charge in [-0.15, -0.1) is 0 Å². The van der Waals surface area contributed by atoms with Gasteiger partial charge in [0.25, 0.3) is 0 Å². The van der Waals surface area contributed by atoms with Crippen LogP contribution in [-0.2, 0) is 17.8 Å². The van der Waals surface area contributed by atoms with Gasteiger partial charge in [-0.05, 0) is 31.2 Å². The number of nitrogens with one attached hydrogen (secondary N) is 1. The molecule has 0 saturated carbocycles. The normalized spacial score (nSPS) is 17.5. The summed E-state index contributed by atoms with van der Waals surface area (Å²) in [7, 11) is 0. The van der Waals surface area contributed by atoms with Gasteiger partial charge in [-0.2, -0.15) is 5.10 Å². The molecule has 0 bridgehead atoms. The lowest BCUT2D eigenvalue weighted by Crippen LogP contribution is -2.20. The minimum atomic E-state index is 0.697. The molecule has 1 saturated heterocycles. The first-order chi connectivity index (χ1) is 8.74. The summed E-state index contributed by atoms with van der Waals surface area (Å²) >= 11 is 0. The molecule has 0 aliphatic carbocycles. The van der Waals surface area contributed by atoms with Crippen molar-refractivity contribution in [1.82, 2.24) is 15.1 Å². The second-order valence-electron chi connectivity index (χ2n) is 5.65. The lowest BCUT2D eigenvalue weighted by molar-refractivity contribution is 0.0601. The molecule has 0 atom stereocenters. The molecule has 1 aliphatic heterocycles. The Morgan fingerprint density at radius 2 is 2.22 bits per heavy atom. The molecule has 1 aromatic heterocycles. The number of ether oxygens (including phenoxy) is 1. The Hall–Kier alpha value is -0.870. The van der Waals surface area contributed by atoms with E-state index in [4.69, 9.17) is 4.74 Å². The van der Waals surface area contributed by atoms with Crippen LogP contribution < -0.4 is 5.32 Å². The number of hydrogen-bond acceptors (Lipinski definition) is 3. The van der Waals surface area contributed by atoms with E-state index in [1.807, 2.05) is 6.20 Å². The van der Waals surface area contributed by atoms with Gasteiger partial charge in [0.2, 0.25) is 0 Å². The van der Waals surface area contributed by atoms with E-state index in [-0.39, 0.29) is 0 Å². The summed E-state index contributed by atoms with van der Waals surface area (Å²) in [5, 5.41) is 7.89. The summed E-state index contributed by atoms with van der Waals surface area (Å²) in [6.07, 6.45) is 6.48. The van der Waals surface area contributed by atoms with Gasteiger partial charge in [-0.25, -0.2) is 0 Å². The van der Waals surface area contributed by atoms with E-state index in [2.05, 4.69) is 35.1 Å². The largest absolute Gasteiger partial charge is 0.381 e.